The molecule has 1 N–H and O–H groups in total. The lowest BCUT2D eigenvalue weighted by atomic mass is 10.1. The highest BCUT2D eigenvalue weighted by molar-refractivity contribution is 7.91. The second-order valence-electron chi connectivity index (χ2n) is 4.58. The van der Waals surface area contributed by atoms with Crippen LogP contribution in [-0.2, 0) is 9.84 Å². The second kappa shape index (κ2) is 5.24. The molecule has 1 fully saturated rings. The standard InChI is InChI=1S/C12H13F2NO3S/c13-10-3-1-2-9(11(10)14)12(16)15-6-8-4-5-19(17,18)7-8/h1-3,8H,4-7H2,(H,15,16). The number of benzene rings is 1. The fourth-order valence-corrected chi connectivity index (χ4v) is 3.91. The van der Waals surface area contributed by atoms with E-state index in [1.807, 2.05) is 0 Å². The molecule has 0 aromatic heterocycles. The van der Waals surface area contributed by atoms with E-state index in [2.05, 4.69) is 5.32 Å². The van der Waals surface area contributed by atoms with Gasteiger partial charge in [0.2, 0.25) is 0 Å². The first kappa shape index (κ1) is 13.9. The van der Waals surface area contributed by atoms with Crippen molar-refractivity contribution in [2.75, 3.05) is 18.1 Å². The summed E-state index contributed by atoms with van der Waals surface area (Å²) in [5.74, 6) is -3.04. The van der Waals surface area contributed by atoms with Gasteiger partial charge in [-0.3, -0.25) is 4.79 Å². The van der Waals surface area contributed by atoms with Crippen LogP contribution in [0.1, 0.15) is 16.8 Å². The van der Waals surface area contributed by atoms with Crippen LogP contribution < -0.4 is 5.32 Å². The van der Waals surface area contributed by atoms with Crippen molar-refractivity contribution in [3.63, 3.8) is 0 Å². The SMILES string of the molecule is O=C(NCC1CCS(=O)(=O)C1)c1cccc(F)c1F. The van der Waals surface area contributed by atoms with Crippen molar-refractivity contribution in [3.05, 3.63) is 35.4 Å². The van der Waals surface area contributed by atoms with Crippen LogP contribution in [0.4, 0.5) is 8.78 Å². The van der Waals surface area contributed by atoms with Crippen LogP contribution in [0.3, 0.4) is 0 Å². The van der Waals surface area contributed by atoms with E-state index in [0.29, 0.717) is 6.42 Å². The van der Waals surface area contributed by atoms with E-state index in [1.54, 1.807) is 0 Å². The molecule has 4 nitrogen and oxygen atoms in total. The Morgan fingerprint density at radius 3 is 2.74 bits per heavy atom. The number of carbonyl (C=O) groups is 1. The van der Waals surface area contributed by atoms with Crippen molar-refractivity contribution in [2.24, 2.45) is 5.92 Å². The fourth-order valence-electron chi connectivity index (χ4n) is 2.04. The van der Waals surface area contributed by atoms with E-state index >= 15 is 0 Å². The smallest absolute Gasteiger partial charge is 0.254 e. The summed E-state index contributed by atoms with van der Waals surface area (Å²) in [5.41, 5.74) is -0.374. The van der Waals surface area contributed by atoms with E-state index < -0.39 is 27.4 Å². The van der Waals surface area contributed by atoms with E-state index in [4.69, 9.17) is 0 Å². The van der Waals surface area contributed by atoms with E-state index in [-0.39, 0.29) is 29.5 Å². The maximum Gasteiger partial charge on any atom is 0.254 e. The third-order valence-corrected chi connectivity index (χ3v) is 4.91. The van der Waals surface area contributed by atoms with Gasteiger partial charge in [-0.2, -0.15) is 0 Å². The van der Waals surface area contributed by atoms with Gasteiger partial charge >= 0.3 is 0 Å². The second-order valence-corrected chi connectivity index (χ2v) is 6.81. The Morgan fingerprint density at radius 1 is 1.37 bits per heavy atom. The largest absolute Gasteiger partial charge is 0.352 e. The molecule has 0 saturated carbocycles. The van der Waals surface area contributed by atoms with Crippen molar-refractivity contribution in [2.45, 2.75) is 6.42 Å². The molecule has 1 atom stereocenters. The number of sulfone groups is 1. The summed E-state index contributed by atoms with van der Waals surface area (Å²) < 4.78 is 48.8. The molecule has 1 aliphatic heterocycles. The molecule has 1 heterocycles. The van der Waals surface area contributed by atoms with Crippen LogP contribution in [0, 0.1) is 17.6 Å². The molecule has 19 heavy (non-hydrogen) atoms. The van der Waals surface area contributed by atoms with Crippen LogP contribution in [0.25, 0.3) is 0 Å². The van der Waals surface area contributed by atoms with Crippen molar-refractivity contribution in [3.8, 4) is 0 Å². The number of hydrogen-bond donors (Lipinski definition) is 1. The molecule has 1 aromatic carbocycles. The third-order valence-electron chi connectivity index (χ3n) is 3.07. The Balaban J connectivity index is 1.97. The first-order chi connectivity index (χ1) is 8.89. The van der Waals surface area contributed by atoms with Crippen LogP contribution in [0.15, 0.2) is 18.2 Å². The minimum Gasteiger partial charge on any atom is -0.352 e. The quantitative estimate of drug-likeness (QED) is 0.907. The van der Waals surface area contributed by atoms with Crippen molar-refractivity contribution in [1.82, 2.24) is 5.32 Å². The molecule has 1 aromatic rings. The number of nitrogens with one attached hydrogen (secondary N) is 1. The van der Waals surface area contributed by atoms with E-state index in [1.165, 1.54) is 12.1 Å². The zero-order chi connectivity index (χ0) is 14.0. The van der Waals surface area contributed by atoms with Gasteiger partial charge in [-0.15, -0.1) is 0 Å². The summed E-state index contributed by atoms with van der Waals surface area (Å²) in [6.45, 7) is 0.147. The molecular formula is C12H13F2NO3S. The van der Waals surface area contributed by atoms with Gasteiger partial charge in [-0.25, -0.2) is 17.2 Å². The summed E-state index contributed by atoms with van der Waals surface area (Å²) in [6.07, 6.45) is 0.480. The summed E-state index contributed by atoms with van der Waals surface area (Å²) in [7, 11) is -3.01. The molecular weight excluding hydrogens is 276 g/mol. The molecule has 104 valence electrons. The normalized spacial score (nSPS) is 21.3. The van der Waals surface area contributed by atoms with Gasteiger partial charge in [0.05, 0.1) is 17.1 Å². The van der Waals surface area contributed by atoms with Gasteiger partial charge in [0.25, 0.3) is 5.91 Å². The van der Waals surface area contributed by atoms with Gasteiger partial charge < -0.3 is 5.32 Å². The van der Waals surface area contributed by atoms with Gasteiger partial charge in [0.15, 0.2) is 21.5 Å². The molecule has 1 amide bonds. The zero-order valence-electron chi connectivity index (χ0n) is 10.0. The van der Waals surface area contributed by atoms with Crippen LogP contribution in [-0.4, -0.2) is 32.4 Å². The van der Waals surface area contributed by atoms with Gasteiger partial charge in [-0.05, 0) is 24.5 Å². The van der Waals surface area contributed by atoms with Gasteiger partial charge in [0.1, 0.15) is 0 Å². The highest BCUT2D eigenvalue weighted by Crippen LogP contribution is 2.18. The lowest BCUT2D eigenvalue weighted by Crippen LogP contribution is -2.30. The fraction of sp³-hybridized carbons (Fsp3) is 0.417. The Labute approximate surface area is 109 Å². The molecule has 0 radical (unpaired) electrons. The molecule has 0 aliphatic carbocycles. The predicted molar refractivity (Wildman–Crippen MR) is 65.5 cm³/mol. The Bertz CT molecular complexity index is 601. The average Bonchev–Trinajstić information content (AvgIpc) is 2.69. The highest BCUT2D eigenvalue weighted by Gasteiger charge is 2.28. The minimum absolute atomic E-state index is 0.0267. The number of hydrogen-bond acceptors (Lipinski definition) is 3. The van der Waals surface area contributed by atoms with Crippen LogP contribution in [0.2, 0.25) is 0 Å². The van der Waals surface area contributed by atoms with E-state index in [0.717, 1.165) is 6.07 Å². The molecule has 2 rings (SSSR count). The minimum atomic E-state index is -3.01. The lowest BCUT2D eigenvalue weighted by molar-refractivity contribution is 0.0943. The Morgan fingerprint density at radius 2 is 2.11 bits per heavy atom. The number of amides is 1. The Hall–Kier alpha value is -1.50. The summed E-state index contributed by atoms with van der Waals surface area (Å²) >= 11 is 0. The lowest BCUT2D eigenvalue weighted by Gasteiger charge is -2.10. The highest BCUT2D eigenvalue weighted by atomic mass is 32.2. The van der Waals surface area contributed by atoms with Crippen LogP contribution in [0.5, 0.6) is 0 Å². The third kappa shape index (κ3) is 3.28. The first-order valence-corrected chi connectivity index (χ1v) is 7.64. The molecule has 0 bridgehead atoms. The number of carbonyl (C=O) groups excluding carboxylic acids is 1. The zero-order valence-corrected chi connectivity index (χ0v) is 10.8. The summed E-state index contributed by atoms with van der Waals surface area (Å²) in [5, 5.41) is 2.44. The van der Waals surface area contributed by atoms with Crippen molar-refractivity contribution >= 4 is 15.7 Å². The van der Waals surface area contributed by atoms with Crippen LogP contribution >= 0.6 is 0 Å². The number of halogens is 2. The maximum absolute atomic E-state index is 13.3. The maximum atomic E-state index is 13.3. The monoisotopic (exact) mass is 289 g/mol. The molecule has 1 saturated heterocycles. The Kier molecular flexibility index (Phi) is 3.84. The first-order valence-electron chi connectivity index (χ1n) is 5.82. The topological polar surface area (TPSA) is 63.2 Å². The summed E-state index contributed by atoms with van der Waals surface area (Å²) in [6, 6.07) is 3.35. The van der Waals surface area contributed by atoms with E-state index in [9.17, 15) is 22.0 Å². The predicted octanol–water partition coefficient (Wildman–Crippen LogP) is 1.13. The molecule has 0 spiro atoms. The van der Waals surface area contributed by atoms with Crippen molar-refractivity contribution in [1.29, 1.82) is 0 Å². The molecule has 1 unspecified atom stereocenters. The molecule has 1 aliphatic rings. The number of rotatable bonds is 3. The molecule has 7 heteroatoms. The van der Waals surface area contributed by atoms with Crippen molar-refractivity contribution < 1.29 is 22.0 Å². The van der Waals surface area contributed by atoms with Gasteiger partial charge in [-0.1, -0.05) is 6.07 Å². The average molecular weight is 289 g/mol. The summed E-state index contributed by atoms with van der Waals surface area (Å²) in [4.78, 5) is 11.7. The van der Waals surface area contributed by atoms with Gasteiger partial charge in [0, 0.05) is 6.54 Å².